The fourth-order valence-electron chi connectivity index (χ4n) is 1.72. The maximum Gasteiger partial charge on any atom is 0.175 e. The average molecular weight is 265 g/mol. The van der Waals surface area contributed by atoms with Crippen LogP contribution in [0, 0.1) is 13.8 Å². The van der Waals surface area contributed by atoms with Crippen molar-refractivity contribution >= 4 is 15.5 Å². The first-order valence-corrected chi connectivity index (χ1v) is 7.30. The lowest BCUT2D eigenvalue weighted by Crippen LogP contribution is -2.04. The summed E-state index contributed by atoms with van der Waals surface area (Å²) in [6.07, 6.45) is 2.84. The number of imidazole rings is 1. The van der Waals surface area contributed by atoms with Crippen molar-refractivity contribution in [3.05, 3.63) is 35.9 Å². The second-order valence-corrected chi connectivity index (χ2v) is 6.29. The highest BCUT2D eigenvalue weighted by Crippen LogP contribution is 2.23. The van der Waals surface area contributed by atoms with E-state index in [4.69, 9.17) is 5.73 Å². The smallest absolute Gasteiger partial charge is 0.175 e. The summed E-state index contributed by atoms with van der Waals surface area (Å²) < 4.78 is 24.7. The van der Waals surface area contributed by atoms with Crippen LogP contribution in [-0.2, 0) is 9.84 Å². The van der Waals surface area contributed by atoms with E-state index in [1.807, 2.05) is 18.4 Å². The van der Waals surface area contributed by atoms with Crippen LogP contribution in [0.5, 0.6) is 0 Å². The summed E-state index contributed by atoms with van der Waals surface area (Å²) in [7, 11) is -3.23. The number of nitrogens with two attached hydrogens (primary N) is 1. The molecule has 1 heterocycles. The van der Waals surface area contributed by atoms with Gasteiger partial charge in [0.2, 0.25) is 0 Å². The first-order chi connectivity index (χ1) is 8.30. The molecule has 6 heteroatoms. The van der Waals surface area contributed by atoms with Crippen LogP contribution in [0.2, 0.25) is 0 Å². The molecule has 5 nitrogen and oxygen atoms in total. The zero-order valence-corrected chi connectivity index (χ0v) is 11.3. The van der Waals surface area contributed by atoms with Gasteiger partial charge in [-0.25, -0.2) is 13.4 Å². The molecule has 0 aliphatic rings. The Morgan fingerprint density at radius 1 is 1.28 bits per heavy atom. The van der Waals surface area contributed by atoms with Crippen molar-refractivity contribution in [2.45, 2.75) is 18.7 Å². The van der Waals surface area contributed by atoms with Crippen molar-refractivity contribution in [1.82, 2.24) is 9.55 Å². The number of hydrogen-bond acceptors (Lipinski definition) is 4. The van der Waals surface area contributed by atoms with Gasteiger partial charge in [0.05, 0.1) is 28.3 Å². The molecule has 0 saturated heterocycles. The van der Waals surface area contributed by atoms with Crippen molar-refractivity contribution in [2.75, 3.05) is 12.0 Å². The summed E-state index contributed by atoms with van der Waals surface area (Å²) in [6, 6.07) is 4.72. The van der Waals surface area contributed by atoms with Crippen molar-refractivity contribution in [3.63, 3.8) is 0 Å². The highest BCUT2D eigenvalue weighted by atomic mass is 32.2. The van der Waals surface area contributed by atoms with Crippen molar-refractivity contribution in [2.24, 2.45) is 0 Å². The van der Waals surface area contributed by atoms with Gasteiger partial charge in [0.25, 0.3) is 0 Å². The predicted octanol–water partition coefficient (Wildman–Crippen LogP) is 1.47. The third-order valence-corrected chi connectivity index (χ3v) is 4.05. The molecule has 96 valence electrons. The Labute approximate surface area is 106 Å². The monoisotopic (exact) mass is 265 g/mol. The third kappa shape index (κ3) is 2.11. The molecule has 0 aliphatic carbocycles. The summed E-state index contributed by atoms with van der Waals surface area (Å²) in [4.78, 5) is 4.41. The van der Waals surface area contributed by atoms with Crippen LogP contribution in [0.4, 0.5) is 5.69 Å². The minimum absolute atomic E-state index is 0.221. The number of nitrogens with zero attached hydrogens (tertiary/aromatic N) is 2. The van der Waals surface area contributed by atoms with E-state index in [0.717, 1.165) is 23.3 Å². The molecule has 0 spiro atoms. The number of hydrogen-bond donors (Lipinski definition) is 1. The lowest BCUT2D eigenvalue weighted by molar-refractivity contribution is 0.602. The summed E-state index contributed by atoms with van der Waals surface area (Å²) in [5.74, 6) is 0. The van der Waals surface area contributed by atoms with Gasteiger partial charge in [0.15, 0.2) is 9.84 Å². The summed E-state index contributed by atoms with van der Waals surface area (Å²) in [5.41, 5.74) is 8.97. The molecule has 18 heavy (non-hydrogen) atoms. The van der Waals surface area contributed by atoms with E-state index in [2.05, 4.69) is 4.98 Å². The summed E-state index contributed by atoms with van der Waals surface area (Å²) >= 11 is 0. The molecule has 0 fully saturated rings. The van der Waals surface area contributed by atoms with Crippen molar-refractivity contribution in [1.29, 1.82) is 0 Å². The molecule has 0 amide bonds. The lowest BCUT2D eigenvalue weighted by Gasteiger charge is -2.10. The number of benzene rings is 1. The molecule has 0 radical (unpaired) electrons. The van der Waals surface area contributed by atoms with E-state index in [-0.39, 0.29) is 4.90 Å². The number of aromatic nitrogens is 2. The average Bonchev–Trinajstić information content (AvgIpc) is 2.59. The fraction of sp³-hybridized carbons (Fsp3) is 0.250. The SMILES string of the molecule is Cc1ncn(-c2ccc(S(C)(=O)=O)cc2N)c1C. The highest BCUT2D eigenvalue weighted by Gasteiger charge is 2.12. The topological polar surface area (TPSA) is 78.0 Å². The van der Waals surface area contributed by atoms with Gasteiger partial charge in [-0.1, -0.05) is 0 Å². The standard InChI is InChI=1S/C12H15N3O2S/c1-8-9(2)15(7-14-8)12-5-4-10(6-11(12)13)18(3,16)17/h4-7H,13H2,1-3H3. The Kier molecular flexibility index (Phi) is 2.90. The zero-order chi connectivity index (χ0) is 13.5. The van der Waals surface area contributed by atoms with E-state index in [9.17, 15) is 8.42 Å². The number of sulfone groups is 1. The van der Waals surface area contributed by atoms with Gasteiger partial charge >= 0.3 is 0 Å². The third-order valence-electron chi connectivity index (χ3n) is 2.94. The molecule has 1 aromatic carbocycles. The first kappa shape index (κ1) is 12.6. The lowest BCUT2D eigenvalue weighted by atomic mass is 10.2. The largest absolute Gasteiger partial charge is 0.397 e. The zero-order valence-electron chi connectivity index (χ0n) is 10.5. The first-order valence-electron chi connectivity index (χ1n) is 5.41. The van der Waals surface area contributed by atoms with Crippen molar-refractivity contribution in [3.8, 4) is 5.69 Å². The van der Waals surface area contributed by atoms with E-state index in [0.29, 0.717) is 5.69 Å². The normalized spacial score (nSPS) is 11.7. The number of anilines is 1. The highest BCUT2D eigenvalue weighted by molar-refractivity contribution is 7.90. The van der Waals surface area contributed by atoms with Crippen LogP contribution in [0.3, 0.4) is 0 Å². The summed E-state index contributed by atoms with van der Waals surface area (Å²) in [5, 5.41) is 0. The van der Waals surface area contributed by atoms with Crippen LogP contribution in [0.1, 0.15) is 11.4 Å². The molecule has 1 aromatic heterocycles. The van der Waals surface area contributed by atoms with Crippen LogP contribution in [0.15, 0.2) is 29.4 Å². The van der Waals surface area contributed by atoms with Gasteiger partial charge in [0.1, 0.15) is 0 Å². The molecule has 0 atom stereocenters. The number of aryl methyl sites for hydroxylation is 1. The maximum absolute atomic E-state index is 11.4. The minimum Gasteiger partial charge on any atom is -0.397 e. The number of nitrogen functional groups attached to an aromatic ring is 1. The molecule has 2 N–H and O–H groups in total. The van der Waals surface area contributed by atoms with Crippen LogP contribution in [0.25, 0.3) is 5.69 Å². The van der Waals surface area contributed by atoms with Crippen molar-refractivity contribution < 1.29 is 8.42 Å². The predicted molar refractivity (Wildman–Crippen MR) is 70.6 cm³/mol. The second kappa shape index (κ2) is 4.13. The van der Waals surface area contributed by atoms with E-state index >= 15 is 0 Å². The Hall–Kier alpha value is -1.82. The molecular formula is C12H15N3O2S. The molecule has 2 aromatic rings. The minimum atomic E-state index is -3.23. The summed E-state index contributed by atoms with van der Waals surface area (Å²) in [6.45, 7) is 3.85. The molecule has 0 bridgehead atoms. The van der Waals surface area contributed by atoms with E-state index in [1.54, 1.807) is 18.5 Å². The van der Waals surface area contributed by atoms with Crippen LogP contribution < -0.4 is 5.73 Å². The van der Waals surface area contributed by atoms with E-state index < -0.39 is 9.84 Å². The van der Waals surface area contributed by atoms with Crippen LogP contribution in [-0.4, -0.2) is 24.2 Å². The maximum atomic E-state index is 11.4. The van der Waals surface area contributed by atoms with Crippen LogP contribution >= 0.6 is 0 Å². The number of rotatable bonds is 2. The fourth-order valence-corrected chi connectivity index (χ4v) is 2.38. The van der Waals surface area contributed by atoms with Gasteiger partial charge in [-0.3, -0.25) is 0 Å². The second-order valence-electron chi connectivity index (χ2n) is 4.28. The Morgan fingerprint density at radius 3 is 2.39 bits per heavy atom. The van der Waals surface area contributed by atoms with Gasteiger partial charge in [-0.2, -0.15) is 0 Å². The molecular weight excluding hydrogens is 250 g/mol. The Bertz CT molecular complexity index is 702. The van der Waals surface area contributed by atoms with Gasteiger partial charge < -0.3 is 10.3 Å². The molecule has 0 unspecified atom stereocenters. The molecule has 0 aliphatic heterocycles. The molecule has 0 saturated carbocycles. The van der Waals surface area contributed by atoms with Gasteiger partial charge in [0, 0.05) is 11.9 Å². The van der Waals surface area contributed by atoms with Gasteiger partial charge in [-0.05, 0) is 32.0 Å². The molecule has 2 rings (SSSR count). The Balaban J connectivity index is 2.59. The quantitative estimate of drug-likeness (QED) is 0.834. The van der Waals surface area contributed by atoms with Gasteiger partial charge in [-0.15, -0.1) is 0 Å². The Morgan fingerprint density at radius 2 is 1.94 bits per heavy atom. The van der Waals surface area contributed by atoms with E-state index in [1.165, 1.54) is 6.07 Å².